The number of fused-ring (bicyclic) bond motifs is 3. The van der Waals surface area contributed by atoms with Gasteiger partial charge in [-0.1, -0.05) is 25.1 Å². The maximum absolute atomic E-state index is 14.0. The van der Waals surface area contributed by atoms with Gasteiger partial charge < -0.3 is 59.6 Å². The van der Waals surface area contributed by atoms with Crippen molar-refractivity contribution >= 4 is 29.2 Å². The molecule has 5 aliphatic rings. The largest absolute Gasteiger partial charge is 0.507 e. The molecule has 6 N–H and O–H groups in total. The summed E-state index contributed by atoms with van der Waals surface area (Å²) in [5.74, 6) is -3.88. The first kappa shape index (κ1) is 46.2. The summed E-state index contributed by atoms with van der Waals surface area (Å²) in [5.41, 5.74) is -4.64. The maximum Gasteiger partial charge on any atom is 0.408 e. The van der Waals surface area contributed by atoms with Gasteiger partial charge in [0, 0.05) is 74.0 Å². The first-order chi connectivity index (χ1) is 30.0. The maximum atomic E-state index is 14.0. The van der Waals surface area contributed by atoms with Crippen LogP contribution in [0.3, 0.4) is 0 Å². The quantitative estimate of drug-likeness (QED) is 0.113. The van der Waals surface area contributed by atoms with E-state index in [-0.39, 0.29) is 40.2 Å². The van der Waals surface area contributed by atoms with Crippen molar-refractivity contribution in [3.05, 3.63) is 63.7 Å². The van der Waals surface area contributed by atoms with Crippen LogP contribution in [-0.4, -0.2) is 154 Å². The molecule has 0 aromatic heterocycles. The van der Waals surface area contributed by atoms with E-state index in [2.05, 4.69) is 22.2 Å². The number of ether oxygens (including phenoxy) is 4. The number of Topliss-reactive ketones (excluding diaryl/α,β-unsaturated/α-hetero) is 2. The third kappa shape index (κ3) is 9.28. The van der Waals surface area contributed by atoms with Gasteiger partial charge in [-0.25, -0.2) is 4.79 Å². The van der Waals surface area contributed by atoms with Crippen molar-refractivity contribution in [2.45, 2.75) is 114 Å². The van der Waals surface area contributed by atoms with Gasteiger partial charge in [0.05, 0.1) is 42.0 Å². The minimum atomic E-state index is -2.36. The molecule has 17 heteroatoms. The molecule has 63 heavy (non-hydrogen) atoms. The monoisotopic (exact) mass is 877 g/mol. The summed E-state index contributed by atoms with van der Waals surface area (Å²) in [7, 11) is 3.42. The Morgan fingerprint density at radius 3 is 2.44 bits per heavy atom. The number of carbonyl (C=O) groups excluding carboxylic acids is 5. The van der Waals surface area contributed by atoms with Gasteiger partial charge in [0.1, 0.15) is 47.4 Å². The molecule has 17 nitrogen and oxygen atoms in total. The summed E-state index contributed by atoms with van der Waals surface area (Å²) in [6.45, 7) is 7.35. The van der Waals surface area contributed by atoms with Crippen molar-refractivity contribution in [2.75, 3.05) is 53.5 Å². The number of ketones is 4. The Morgan fingerprint density at radius 1 is 1.00 bits per heavy atom. The highest BCUT2D eigenvalue weighted by Gasteiger charge is 2.50. The zero-order chi connectivity index (χ0) is 45.4. The van der Waals surface area contributed by atoms with E-state index < -0.39 is 113 Å². The number of alkyl carbamates (subject to hydrolysis) is 1. The number of allylic oxidation sites excluding steroid dienone is 1. The number of amides is 1. The number of aliphatic hydroxyl groups excluding tert-OH is 2. The average molecular weight is 878 g/mol. The van der Waals surface area contributed by atoms with E-state index in [1.54, 1.807) is 6.08 Å². The first-order valence-electron chi connectivity index (χ1n) is 21.8. The number of methoxy groups -OCH3 is 1. The number of aliphatic hydroxyl groups is 3. The molecule has 2 aromatic carbocycles. The lowest BCUT2D eigenvalue weighted by molar-refractivity contribution is -0.249. The van der Waals surface area contributed by atoms with Gasteiger partial charge in [-0.2, -0.15) is 0 Å². The Kier molecular flexibility index (Phi) is 13.8. The van der Waals surface area contributed by atoms with Gasteiger partial charge in [0.15, 0.2) is 17.9 Å². The number of hydrogen-bond acceptors (Lipinski definition) is 16. The Bertz CT molecular complexity index is 2150. The Morgan fingerprint density at radius 2 is 1.73 bits per heavy atom. The van der Waals surface area contributed by atoms with Crippen molar-refractivity contribution in [3.63, 3.8) is 0 Å². The fourth-order valence-corrected chi connectivity index (χ4v) is 9.73. The van der Waals surface area contributed by atoms with Gasteiger partial charge in [0.2, 0.25) is 5.78 Å². The topological polar surface area (TPSA) is 242 Å². The minimum Gasteiger partial charge on any atom is -0.507 e. The second-order valence-corrected chi connectivity index (χ2v) is 17.9. The Balaban J connectivity index is 1.05. The van der Waals surface area contributed by atoms with Crippen LogP contribution in [0.1, 0.15) is 114 Å². The van der Waals surface area contributed by atoms with Crippen LogP contribution in [0.15, 0.2) is 30.4 Å². The number of nitrogens with one attached hydrogen (secondary N) is 1. The van der Waals surface area contributed by atoms with Gasteiger partial charge in [0.25, 0.3) is 0 Å². The summed E-state index contributed by atoms with van der Waals surface area (Å²) in [5, 5.41) is 58.9. The average Bonchev–Trinajstić information content (AvgIpc) is 3.25. The van der Waals surface area contributed by atoms with Crippen molar-refractivity contribution in [3.8, 4) is 17.2 Å². The zero-order valence-electron chi connectivity index (χ0n) is 36.3. The molecule has 2 fully saturated rings. The summed E-state index contributed by atoms with van der Waals surface area (Å²) in [6, 6.07) is 3.32. The second kappa shape index (κ2) is 18.8. The number of hydrogen-bond donors (Lipinski definition) is 6. The number of nitrogens with zero attached hydrogens (tertiary/aromatic N) is 2. The van der Waals surface area contributed by atoms with E-state index in [1.165, 1.54) is 32.2 Å². The number of phenolic OH excluding ortho intramolecular Hbond substituents is 2. The summed E-state index contributed by atoms with van der Waals surface area (Å²) < 4.78 is 23.4. The van der Waals surface area contributed by atoms with Crippen molar-refractivity contribution in [2.24, 2.45) is 5.41 Å². The zero-order valence-corrected chi connectivity index (χ0v) is 36.3. The molecule has 1 amide bonds. The molecule has 0 saturated carbocycles. The molecule has 2 aromatic rings. The van der Waals surface area contributed by atoms with Gasteiger partial charge in [-0.3, -0.25) is 19.2 Å². The van der Waals surface area contributed by atoms with E-state index in [1.807, 2.05) is 13.0 Å². The van der Waals surface area contributed by atoms with Gasteiger partial charge in [-0.15, -0.1) is 0 Å². The number of likely N-dealkylation sites (N-methyl/N-ethyl adjacent to an activating group) is 1. The highest BCUT2D eigenvalue weighted by atomic mass is 16.7. The molecular formula is C46H59N3O14. The molecule has 2 aliphatic heterocycles. The molecule has 3 aliphatic carbocycles. The number of benzene rings is 2. The minimum absolute atomic E-state index is 0.0609. The fourth-order valence-electron chi connectivity index (χ4n) is 9.73. The van der Waals surface area contributed by atoms with E-state index in [0.717, 1.165) is 39.1 Å². The van der Waals surface area contributed by atoms with E-state index in [0.29, 0.717) is 32.1 Å². The van der Waals surface area contributed by atoms with Crippen molar-refractivity contribution in [1.82, 2.24) is 15.1 Å². The van der Waals surface area contributed by atoms with E-state index >= 15 is 0 Å². The predicted molar refractivity (Wildman–Crippen MR) is 225 cm³/mol. The normalized spacial score (nSPS) is 30.5. The van der Waals surface area contributed by atoms with Crippen LogP contribution in [0.5, 0.6) is 17.2 Å². The van der Waals surface area contributed by atoms with E-state index in [9.17, 15) is 49.5 Å². The van der Waals surface area contributed by atoms with Crippen molar-refractivity contribution in [1.29, 1.82) is 0 Å². The van der Waals surface area contributed by atoms with Crippen LogP contribution in [0.25, 0.3) is 0 Å². The SMILES string of the molecule is COc1cccc2c1C(=O)c1c(O)c3c(c(O)c1C2=O)C[C@@](O)(C(=O)CO)C[C@@H]3OC1C[C@H](NC(=O)O[C@H]2/C=C/CC[C@@](C)(C(=O)CCCN3CCN(C)CC3)CC2)[C@H](O)[C@H](C)O1. The highest BCUT2D eigenvalue weighted by Crippen LogP contribution is 2.52. The third-order valence-corrected chi connectivity index (χ3v) is 13.7. The molecule has 8 atom stereocenters. The molecule has 0 bridgehead atoms. The number of piperazine rings is 1. The van der Waals surface area contributed by atoms with Crippen LogP contribution < -0.4 is 10.1 Å². The molecule has 0 spiro atoms. The van der Waals surface area contributed by atoms with Crippen LogP contribution in [0, 0.1) is 5.41 Å². The Labute approximate surface area is 365 Å². The van der Waals surface area contributed by atoms with Crippen LogP contribution in [0.2, 0.25) is 0 Å². The highest BCUT2D eigenvalue weighted by molar-refractivity contribution is 6.31. The van der Waals surface area contributed by atoms with Crippen LogP contribution in [-0.2, 0) is 30.2 Å². The van der Waals surface area contributed by atoms with E-state index in [4.69, 9.17) is 18.9 Å². The number of aromatic hydroxyl groups is 2. The molecule has 342 valence electrons. The summed E-state index contributed by atoms with van der Waals surface area (Å²) in [4.78, 5) is 72.6. The molecule has 2 saturated heterocycles. The van der Waals surface area contributed by atoms with Gasteiger partial charge in [-0.05, 0) is 64.8 Å². The predicted octanol–water partition coefficient (Wildman–Crippen LogP) is 2.87. The number of carbonyl (C=O) groups is 5. The summed E-state index contributed by atoms with van der Waals surface area (Å²) in [6.07, 6.45) is -0.601. The lowest BCUT2D eigenvalue weighted by Gasteiger charge is -2.42. The number of rotatable bonds is 12. The first-order valence-corrected chi connectivity index (χ1v) is 21.8. The van der Waals surface area contributed by atoms with Crippen LogP contribution >= 0.6 is 0 Å². The van der Waals surface area contributed by atoms with Gasteiger partial charge >= 0.3 is 6.09 Å². The molecule has 7 rings (SSSR count). The molecular weight excluding hydrogens is 819 g/mol. The van der Waals surface area contributed by atoms with Crippen molar-refractivity contribution < 1.29 is 68.5 Å². The molecule has 0 radical (unpaired) electrons. The molecule has 1 unspecified atom stereocenters. The number of phenols is 2. The third-order valence-electron chi connectivity index (χ3n) is 13.7. The second-order valence-electron chi connectivity index (χ2n) is 17.9. The lowest BCUT2D eigenvalue weighted by atomic mass is 9.72. The smallest absolute Gasteiger partial charge is 0.408 e. The summed E-state index contributed by atoms with van der Waals surface area (Å²) >= 11 is 0. The van der Waals surface area contributed by atoms with Crippen LogP contribution in [0.4, 0.5) is 4.79 Å². The fraction of sp³-hybridized carbons (Fsp3) is 0.587. The Hall–Kier alpha value is -4.75. The molecule has 2 heterocycles. The standard InChI is InChI=1S/C46H59N3O14/c1-25-39(53)29(47-44(58)62-26-9-5-6-14-45(2,15-13-26)32(51)12-8-16-49-19-17-48(3)18-20-49)21-34(61-25)63-31-23-46(59,33(52)24-50)22-28-36(31)43(57)38-37(41(28)55)40(54)27-10-7-11-30(60-4)35(27)42(38)56/h5,7,9-11,25-26,29,31,34,39,50,53,55,57,59H,6,8,12-24H2,1-4H3,(H,47,58)/b9-5+/t25-,26-,29-,31-,34?,39+,45+,46-/m0/s1. The lowest BCUT2D eigenvalue weighted by Crippen LogP contribution is -2.56.